The Morgan fingerprint density at radius 1 is 1.16 bits per heavy atom. The van der Waals surface area contributed by atoms with Gasteiger partial charge >= 0.3 is 12.1 Å². The molecule has 1 aliphatic rings. The highest BCUT2D eigenvalue weighted by Crippen LogP contribution is 2.33. The number of amides is 1. The van der Waals surface area contributed by atoms with Crippen molar-refractivity contribution >= 4 is 46.4 Å². The number of aromatic nitrogens is 1. The number of hydrogen-bond donors (Lipinski definition) is 0. The Morgan fingerprint density at radius 2 is 1.88 bits per heavy atom. The number of ketones is 1. The molecular formula is C20H19ClF3N3O4S. The first-order valence-electron chi connectivity index (χ1n) is 9.63. The second-order valence-corrected chi connectivity index (χ2v) is 8.31. The van der Waals surface area contributed by atoms with E-state index in [1.165, 1.54) is 16.2 Å². The van der Waals surface area contributed by atoms with Crippen molar-refractivity contribution in [1.29, 1.82) is 0 Å². The fourth-order valence-corrected chi connectivity index (χ4v) is 4.05. The van der Waals surface area contributed by atoms with Crippen molar-refractivity contribution in [1.82, 2.24) is 9.88 Å². The third kappa shape index (κ3) is 6.19. The first kappa shape index (κ1) is 24.0. The number of esters is 1. The van der Waals surface area contributed by atoms with Crippen LogP contribution in [0, 0.1) is 0 Å². The normalized spacial score (nSPS) is 14.4. The van der Waals surface area contributed by atoms with Crippen molar-refractivity contribution in [2.45, 2.75) is 19.0 Å². The van der Waals surface area contributed by atoms with Crippen molar-refractivity contribution < 1.29 is 32.3 Å². The lowest BCUT2D eigenvalue weighted by Gasteiger charge is -2.35. The molecule has 1 fully saturated rings. The van der Waals surface area contributed by atoms with E-state index in [-0.39, 0.29) is 42.6 Å². The second kappa shape index (κ2) is 10.3. The van der Waals surface area contributed by atoms with Crippen LogP contribution in [0.25, 0.3) is 0 Å². The molecule has 12 heteroatoms. The number of anilines is 1. The predicted molar refractivity (Wildman–Crippen MR) is 112 cm³/mol. The van der Waals surface area contributed by atoms with Crippen LogP contribution >= 0.6 is 22.9 Å². The molecule has 32 heavy (non-hydrogen) atoms. The Morgan fingerprint density at radius 3 is 2.47 bits per heavy atom. The molecule has 0 N–H and O–H groups in total. The molecule has 0 aliphatic carbocycles. The van der Waals surface area contributed by atoms with Gasteiger partial charge < -0.3 is 14.5 Å². The van der Waals surface area contributed by atoms with Crippen LogP contribution in [0.4, 0.5) is 19.0 Å². The predicted octanol–water partition coefficient (Wildman–Crippen LogP) is 3.67. The molecule has 0 atom stereocenters. The number of ether oxygens (including phenoxy) is 1. The molecule has 1 amide bonds. The zero-order valence-corrected chi connectivity index (χ0v) is 18.3. The Balaban J connectivity index is 1.42. The van der Waals surface area contributed by atoms with Gasteiger partial charge in [0, 0.05) is 38.8 Å². The molecule has 0 unspecified atom stereocenters. The minimum absolute atomic E-state index is 0.00704. The van der Waals surface area contributed by atoms with Crippen molar-refractivity contribution in [2.75, 3.05) is 37.7 Å². The summed E-state index contributed by atoms with van der Waals surface area (Å²) in [7, 11) is 0. The molecule has 0 spiro atoms. The smallest absolute Gasteiger partial charge is 0.417 e. The first-order chi connectivity index (χ1) is 15.1. The molecule has 0 aromatic carbocycles. The Bertz CT molecular complexity index is 977. The maximum atomic E-state index is 12.8. The van der Waals surface area contributed by atoms with Gasteiger partial charge in [0.25, 0.3) is 5.91 Å². The number of piperazine rings is 1. The quantitative estimate of drug-likeness (QED) is 0.436. The Labute approximate surface area is 190 Å². The van der Waals surface area contributed by atoms with Crippen LogP contribution in [0.15, 0.2) is 29.8 Å². The maximum Gasteiger partial charge on any atom is 0.417 e. The Kier molecular flexibility index (Phi) is 7.73. The van der Waals surface area contributed by atoms with Crippen LogP contribution in [0.3, 0.4) is 0 Å². The van der Waals surface area contributed by atoms with E-state index in [1.54, 1.807) is 22.4 Å². The highest BCUT2D eigenvalue weighted by Gasteiger charge is 2.32. The van der Waals surface area contributed by atoms with E-state index in [9.17, 15) is 27.6 Å². The summed E-state index contributed by atoms with van der Waals surface area (Å²) in [5, 5.41) is 1.65. The number of pyridine rings is 1. The van der Waals surface area contributed by atoms with E-state index >= 15 is 0 Å². The highest BCUT2D eigenvalue weighted by molar-refractivity contribution is 7.12. The number of hydrogen-bond acceptors (Lipinski definition) is 7. The number of alkyl halides is 3. The summed E-state index contributed by atoms with van der Waals surface area (Å²) >= 11 is 7.26. The van der Waals surface area contributed by atoms with Gasteiger partial charge in [-0.1, -0.05) is 17.7 Å². The molecule has 1 saturated heterocycles. The second-order valence-electron chi connectivity index (χ2n) is 6.96. The SMILES string of the molecule is O=C(CCC(=O)c1cccs1)OCC(=O)N1CCN(c2ncc(C(F)(F)F)cc2Cl)CC1. The lowest BCUT2D eigenvalue weighted by molar-refractivity contribution is -0.152. The summed E-state index contributed by atoms with van der Waals surface area (Å²) < 4.78 is 43.2. The fourth-order valence-electron chi connectivity index (χ4n) is 3.07. The van der Waals surface area contributed by atoms with E-state index in [1.807, 2.05) is 0 Å². The van der Waals surface area contributed by atoms with Crippen molar-refractivity contribution in [3.8, 4) is 0 Å². The van der Waals surface area contributed by atoms with Gasteiger partial charge in [-0.2, -0.15) is 13.2 Å². The maximum absolute atomic E-state index is 12.8. The molecule has 0 saturated carbocycles. The Hall–Kier alpha value is -2.66. The number of thiophene rings is 1. The molecule has 0 bridgehead atoms. The van der Waals surface area contributed by atoms with Gasteiger partial charge in [-0.15, -0.1) is 11.3 Å². The molecule has 1 aliphatic heterocycles. The lowest BCUT2D eigenvalue weighted by Crippen LogP contribution is -2.50. The highest BCUT2D eigenvalue weighted by atomic mass is 35.5. The van der Waals surface area contributed by atoms with Gasteiger partial charge in [-0.05, 0) is 17.5 Å². The standard InChI is InChI=1S/C20H19ClF3N3O4S/c21-14-10-13(20(22,23)24)11-25-19(14)27-7-5-26(6-8-27)17(29)12-31-18(30)4-3-15(28)16-2-1-9-32-16/h1-2,9-11H,3-8,12H2. The zero-order valence-electron chi connectivity index (χ0n) is 16.7. The van der Waals surface area contributed by atoms with Crippen molar-refractivity contribution in [3.05, 3.63) is 45.2 Å². The monoisotopic (exact) mass is 489 g/mol. The van der Waals surface area contributed by atoms with E-state index < -0.39 is 30.2 Å². The van der Waals surface area contributed by atoms with Crippen LogP contribution in [0.2, 0.25) is 5.02 Å². The molecule has 2 aromatic heterocycles. The topological polar surface area (TPSA) is 79.8 Å². The number of Topliss-reactive ketones (excluding diaryl/α,β-unsaturated/α-hetero) is 1. The summed E-state index contributed by atoms with van der Waals surface area (Å²) in [5.74, 6) is -0.972. The van der Waals surface area contributed by atoms with Gasteiger partial charge in [0.15, 0.2) is 12.4 Å². The molecule has 3 heterocycles. The van der Waals surface area contributed by atoms with Crippen molar-refractivity contribution in [3.63, 3.8) is 0 Å². The molecular weight excluding hydrogens is 471 g/mol. The molecule has 7 nitrogen and oxygen atoms in total. The number of rotatable bonds is 7. The number of carbonyl (C=O) groups is 3. The van der Waals surface area contributed by atoms with Crippen LogP contribution in [0.1, 0.15) is 28.1 Å². The van der Waals surface area contributed by atoms with Crippen LogP contribution in [-0.4, -0.2) is 60.3 Å². The summed E-state index contributed by atoms with van der Waals surface area (Å²) in [6, 6.07) is 4.25. The fraction of sp³-hybridized carbons (Fsp3) is 0.400. The number of carbonyl (C=O) groups excluding carboxylic acids is 3. The van der Waals surface area contributed by atoms with Crippen LogP contribution in [-0.2, 0) is 20.5 Å². The third-order valence-electron chi connectivity index (χ3n) is 4.79. The largest absolute Gasteiger partial charge is 0.456 e. The van der Waals surface area contributed by atoms with E-state index in [4.69, 9.17) is 16.3 Å². The van der Waals surface area contributed by atoms with Gasteiger partial charge in [-0.3, -0.25) is 14.4 Å². The van der Waals surface area contributed by atoms with Crippen LogP contribution in [0.5, 0.6) is 0 Å². The summed E-state index contributed by atoms with van der Waals surface area (Å²) in [6.07, 6.45) is -3.92. The number of nitrogens with zero attached hydrogens (tertiary/aromatic N) is 3. The molecule has 3 rings (SSSR count). The average molecular weight is 490 g/mol. The van der Waals surface area contributed by atoms with Gasteiger partial charge in [-0.25, -0.2) is 4.98 Å². The third-order valence-corrected chi connectivity index (χ3v) is 5.98. The molecule has 172 valence electrons. The lowest BCUT2D eigenvalue weighted by atomic mass is 10.2. The molecule has 0 radical (unpaired) electrons. The average Bonchev–Trinajstić information content (AvgIpc) is 3.30. The van der Waals surface area contributed by atoms with Gasteiger partial charge in [0.1, 0.15) is 5.82 Å². The minimum Gasteiger partial charge on any atom is -0.456 e. The minimum atomic E-state index is -4.53. The van der Waals surface area contributed by atoms with Gasteiger partial charge in [0.2, 0.25) is 0 Å². The van der Waals surface area contributed by atoms with Crippen molar-refractivity contribution in [2.24, 2.45) is 0 Å². The van der Waals surface area contributed by atoms with Crippen LogP contribution < -0.4 is 4.90 Å². The zero-order chi connectivity index (χ0) is 23.3. The van der Waals surface area contributed by atoms with E-state index in [0.29, 0.717) is 18.0 Å². The van der Waals surface area contributed by atoms with Gasteiger partial charge in [0.05, 0.1) is 21.9 Å². The summed E-state index contributed by atoms with van der Waals surface area (Å²) in [5.41, 5.74) is -0.932. The summed E-state index contributed by atoms with van der Waals surface area (Å²) in [4.78, 5) is 43.6. The van der Waals surface area contributed by atoms with E-state index in [2.05, 4.69) is 4.98 Å². The first-order valence-corrected chi connectivity index (χ1v) is 10.9. The van der Waals surface area contributed by atoms with E-state index in [0.717, 1.165) is 12.3 Å². The molecule has 2 aromatic rings. The summed E-state index contributed by atoms with van der Waals surface area (Å²) in [6.45, 7) is 0.726. The number of halogens is 4.